The smallest absolute Gasteiger partial charge is 0.308 e. The molecule has 0 spiro atoms. The van der Waals surface area contributed by atoms with Crippen molar-refractivity contribution in [3.8, 4) is 11.1 Å². The lowest BCUT2D eigenvalue weighted by Crippen LogP contribution is -2.52. The summed E-state index contributed by atoms with van der Waals surface area (Å²) in [4.78, 5) is 27.6. The van der Waals surface area contributed by atoms with Gasteiger partial charge in [-0.05, 0) is 95.9 Å². The first-order chi connectivity index (χ1) is 23.4. The molecule has 3 aliphatic rings. The Kier molecular flexibility index (Phi) is 10.3. The first-order valence-corrected chi connectivity index (χ1v) is 17.6. The van der Waals surface area contributed by atoms with Gasteiger partial charge in [0.15, 0.2) is 0 Å². The number of carbonyl (C=O) groups excluding carboxylic acids is 2. The maximum atomic E-state index is 13.8. The summed E-state index contributed by atoms with van der Waals surface area (Å²) in [5, 5.41) is 18.5. The number of fused-ring (bicyclic) bond motifs is 5. The van der Waals surface area contributed by atoms with Crippen molar-refractivity contribution in [3.63, 3.8) is 0 Å². The van der Waals surface area contributed by atoms with E-state index < -0.39 is 22.7 Å². The van der Waals surface area contributed by atoms with Crippen LogP contribution in [0.3, 0.4) is 0 Å². The van der Waals surface area contributed by atoms with Gasteiger partial charge in [0.05, 0.1) is 25.0 Å². The van der Waals surface area contributed by atoms with Crippen LogP contribution in [0.25, 0.3) is 16.7 Å². The summed E-state index contributed by atoms with van der Waals surface area (Å²) < 4.78 is 11.7. The average Bonchev–Trinajstić information content (AvgIpc) is 3.57. The summed E-state index contributed by atoms with van der Waals surface area (Å²) in [7, 11) is 0. The summed E-state index contributed by atoms with van der Waals surface area (Å²) in [6, 6.07) is 25.8. The first-order valence-electron chi connectivity index (χ1n) is 17.6. The fraction of sp³-hybridized carbons (Fsp3) is 0.429. The fourth-order valence-electron chi connectivity index (χ4n) is 8.78. The molecule has 0 aromatic heterocycles. The molecule has 3 unspecified atom stereocenters. The third-order valence-corrected chi connectivity index (χ3v) is 10.8. The third-order valence-electron chi connectivity index (χ3n) is 10.8. The summed E-state index contributed by atoms with van der Waals surface area (Å²) in [5.74, 6) is -1.41. The van der Waals surface area contributed by atoms with E-state index in [1.54, 1.807) is 0 Å². The standard InChI is InChI=1S/C42H48O6/c1-29(39(45)47-25-13-11-23-43)27-41(35-19-7-3-15-31(35)32-16-4-8-20-36(32)41)42(28-30(2)40(46)48-26-14-12-24-44)37-21-9-5-17-33(37)34-18-6-10-22-38(34)42/h3-5,7-10,15-17,19-22,29-30,43-44H,6,11-14,18,23-28H2,1-2H3. The summed E-state index contributed by atoms with van der Waals surface area (Å²) in [5.41, 5.74) is 8.18. The van der Waals surface area contributed by atoms with Gasteiger partial charge in [-0.15, -0.1) is 0 Å². The van der Waals surface area contributed by atoms with Gasteiger partial charge in [0.1, 0.15) is 0 Å². The van der Waals surface area contributed by atoms with Crippen molar-refractivity contribution in [2.75, 3.05) is 26.4 Å². The molecule has 6 heteroatoms. The van der Waals surface area contributed by atoms with Crippen LogP contribution in [0.1, 0.15) is 87.5 Å². The van der Waals surface area contributed by atoms with Crippen LogP contribution in [0.15, 0.2) is 90.5 Å². The molecule has 0 saturated carbocycles. The zero-order valence-electron chi connectivity index (χ0n) is 28.3. The van der Waals surface area contributed by atoms with Gasteiger partial charge < -0.3 is 19.7 Å². The third kappa shape index (κ3) is 5.73. The van der Waals surface area contributed by atoms with Crippen LogP contribution >= 0.6 is 0 Å². The SMILES string of the molecule is CC(CC1(C2(CC(C)C(=O)OCCCCO)c3ccccc3-c3ccccc32)C2=C(CCC=C2)c2ccccc21)C(=O)OCCCCO. The normalized spacial score (nSPS) is 19.6. The van der Waals surface area contributed by atoms with Crippen LogP contribution < -0.4 is 0 Å². The van der Waals surface area contributed by atoms with E-state index in [1.165, 1.54) is 22.3 Å². The van der Waals surface area contributed by atoms with Crippen molar-refractivity contribution < 1.29 is 29.3 Å². The Morgan fingerprint density at radius 1 is 0.667 bits per heavy atom. The minimum atomic E-state index is -0.718. The minimum absolute atomic E-state index is 0.0682. The predicted molar refractivity (Wildman–Crippen MR) is 188 cm³/mol. The molecule has 252 valence electrons. The van der Waals surface area contributed by atoms with Gasteiger partial charge in [0.2, 0.25) is 0 Å². The van der Waals surface area contributed by atoms with Gasteiger partial charge in [-0.2, -0.15) is 0 Å². The molecule has 0 bridgehead atoms. The molecule has 0 fully saturated rings. The molecule has 0 aliphatic heterocycles. The van der Waals surface area contributed by atoms with Crippen molar-refractivity contribution in [2.24, 2.45) is 11.8 Å². The fourth-order valence-corrected chi connectivity index (χ4v) is 8.78. The Balaban J connectivity index is 1.58. The second kappa shape index (κ2) is 14.6. The number of hydrogen-bond donors (Lipinski definition) is 2. The molecule has 48 heavy (non-hydrogen) atoms. The highest BCUT2D eigenvalue weighted by molar-refractivity contribution is 5.91. The number of esters is 2. The highest BCUT2D eigenvalue weighted by Crippen LogP contribution is 2.69. The Bertz CT molecular complexity index is 1660. The van der Waals surface area contributed by atoms with Crippen LogP contribution in [0, 0.1) is 11.8 Å². The summed E-state index contributed by atoms with van der Waals surface area (Å²) in [6.45, 7) is 4.63. The Hall–Kier alpha value is -4.00. The molecular formula is C42H48O6. The quantitative estimate of drug-likeness (QED) is 0.130. The number of carbonyl (C=O) groups is 2. The van der Waals surface area contributed by atoms with Crippen molar-refractivity contribution >= 4 is 17.5 Å². The van der Waals surface area contributed by atoms with E-state index in [0.29, 0.717) is 38.5 Å². The highest BCUT2D eigenvalue weighted by Gasteiger charge is 2.63. The number of aliphatic hydroxyl groups is 2. The zero-order valence-corrected chi connectivity index (χ0v) is 28.3. The van der Waals surface area contributed by atoms with Crippen LogP contribution in [-0.4, -0.2) is 48.6 Å². The molecule has 3 aromatic rings. The largest absolute Gasteiger partial charge is 0.465 e. The van der Waals surface area contributed by atoms with Gasteiger partial charge in [0, 0.05) is 24.0 Å². The van der Waals surface area contributed by atoms with Gasteiger partial charge in [0.25, 0.3) is 0 Å². The van der Waals surface area contributed by atoms with E-state index >= 15 is 0 Å². The Morgan fingerprint density at radius 2 is 1.12 bits per heavy atom. The molecular weight excluding hydrogens is 600 g/mol. The first kappa shape index (κ1) is 33.9. The molecule has 3 atom stereocenters. The molecule has 0 saturated heterocycles. The molecule has 6 nitrogen and oxygen atoms in total. The molecule has 6 rings (SSSR count). The lowest BCUT2D eigenvalue weighted by atomic mass is 9.49. The second-order valence-corrected chi connectivity index (χ2v) is 13.7. The van der Waals surface area contributed by atoms with Gasteiger partial charge in [-0.25, -0.2) is 0 Å². The number of benzene rings is 3. The molecule has 0 amide bonds. The van der Waals surface area contributed by atoms with Gasteiger partial charge in [-0.1, -0.05) is 98.8 Å². The maximum Gasteiger partial charge on any atom is 0.308 e. The number of allylic oxidation sites excluding steroid dienone is 4. The van der Waals surface area contributed by atoms with E-state index in [0.717, 1.165) is 35.1 Å². The van der Waals surface area contributed by atoms with E-state index in [4.69, 9.17) is 9.47 Å². The van der Waals surface area contributed by atoms with Gasteiger partial charge in [-0.3, -0.25) is 9.59 Å². The molecule has 3 aliphatic carbocycles. The average molecular weight is 649 g/mol. The van der Waals surface area contributed by atoms with Gasteiger partial charge >= 0.3 is 11.9 Å². The van der Waals surface area contributed by atoms with E-state index in [9.17, 15) is 19.8 Å². The van der Waals surface area contributed by atoms with Crippen molar-refractivity contribution in [1.82, 2.24) is 0 Å². The highest BCUT2D eigenvalue weighted by atomic mass is 16.5. The monoisotopic (exact) mass is 648 g/mol. The van der Waals surface area contributed by atoms with E-state index in [2.05, 4.69) is 84.9 Å². The molecule has 2 N–H and O–H groups in total. The number of ether oxygens (including phenoxy) is 2. The number of rotatable bonds is 15. The molecule has 0 heterocycles. The van der Waals surface area contributed by atoms with Crippen LogP contribution in [0.2, 0.25) is 0 Å². The van der Waals surface area contributed by atoms with Crippen molar-refractivity contribution in [1.29, 1.82) is 0 Å². The Morgan fingerprint density at radius 3 is 1.65 bits per heavy atom. The van der Waals surface area contributed by atoms with Crippen LogP contribution in [0.5, 0.6) is 0 Å². The van der Waals surface area contributed by atoms with Crippen molar-refractivity contribution in [2.45, 2.75) is 76.0 Å². The Labute approximate surface area is 284 Å². The minimum Gasteiger partial charge on any atom is -0.465 e. The lowest BCUT2D eigenvalue weighted by Gasteiger charge is -2.52. The number of aliphatic hydroxyl groups excluding tert-OH is 2. The molecule has 0 radical (unpaired) electrons. The topological polar surface area (TPSA) is 93.1 Å². The number of hydrogen-bond acceptors (Lipinski definition) is 6. The van der Waals surface area contributed by atoms with Crippen molar-refractivity contribution in [3.05, 3.63) is 113 Å². The summed E-state index contributed by atoms with van der Waals surface area (Å²) in [6.07, 6.45) is 9.79. The van der Waals surface area contributed by atoms with Crippen LogP contribution in [0.4, 0.5) is 0 Å². The van der Waals surface area contributed by atoms with E-state index in [1.807, 2.05) is 13.8 Å². The molecule has 3 aromatic carbocycles. The predicted octanol–water partition coefficient (Wildman–Crippen LogP) is 7.69. The summed E-state index contributed by atoms with van der Waals surface area (Å²) >= 11 is 0. The maximum absolute atomic E-state index is 13.8. The zero-order chi connectivity index (χ0) is 33.7. The van der Waals surface area contributed by atoms with Crippen LogP contribution in [-0.2, 0) is 29.9 Å². The number of unbranched alkanes of at least 4 members (excludes halogenated alkanes) is 2. The second-order valence-electron chi connectivity index (χ2n) is 13.7. The van der Waals surface area contributed by atoms with E-state index in [-0.39, 0.29) is 38.4 Å². The lowest BCUT2D eigenvalue weighted by molar-refractivity contribution is -0.150.